The van der Waals surface area contributed by atoms with Crippen LogP contribution in [0.15, 0.2) is 72.9 Å². The molecule has 0 saturated carbocycles. The number of benzene rings is 2. The molecule has 1 unspecified atom stereocenters. The van der Waals surface area contributed by atoms with Crippen molar-refractivity contribution >= 4 is 0 Å². The molecule has 20 heavy (non-hydrogen) atoms. The quantitative estimate of drug-likeness (QED) is 0.786. The van der Waals surface area contributed by atoms with E-state index < -0.39 is 0 Å². The third-order valence-corrected chi connectivity index (χ3v) is 3.32. The fraction of sp³-hybridized carbons (Fsp3) is 0.118. The zero-order valence-electron chi connectivity index (χ0n) is 11.2. The summed E-state index contributed by atoms with van der Waals surface area (Å²) < 4.78 is 1.88. The first-order chi connectivity index (χ1) is 9.83. The summed E-state index contributed by atoms with van der Waals surface area (Å²) in [6.07, 6.45) is 2.71. The van der Waals surface area contributed by atoms with Gasteiger partial charge in [0, 0.05) is 18.7 Å². The Morgan fingerprint density at radius 3 is 2.25 bits per heavy atom. The van der Waals surface area contributed by atoms with Crippen molar-refractivity contribution < 1.29 is 0 Å². The molecule has 0 fully saturated rings. The zero-order valence-corrected chi connectivity index (χ0v) is 11.2. The molecule has 3 rings (SSSR count). The van der Waals surface area contributed by atoms with E-state index in [1.807, 2.05) is 65.5 Å². The number of para-hydroxylation sites is 1. The van der Waals surface area contributed by atoms with Crippen LogP contribution in [0.3, 0.4) is 0 Å². The first-order valence-corrected chi connectivity index (χ1v) is 6.73. The zero-order chi connectivity index (χ0) is 13.8. The van der Waals surface area contributed by atoms with Gasteiger partial charge >= 0.3 is 0 Å². The highest BCUT2D eigenvalue weighted by molar-refractivity contribution is 5.30. The standard InChI is InChI=1S/C17H17N3/c18-17(14-7-3-1-4-8-14)13-15-11-12-20(19-15)16-9-5-2-6-10-16/h1-12,17H,13,18H2. The lowest BCUT2D eigenvalue weighted by atomic mass is 10.0. The molecule has 3 aromatic rings. The van der Waals surface area contributed by atoms with Gasteiger partial charge in [-0.15, -0.1) is 0 Å². The number of nitrogens with two attached hydrogens (primary N) is 1. The van der Waals surface area contributed by atoms with E-state index in [2.05, 4.69) is 17.2 Å². The van der Waals surface area contributed by atoms with Crippen LogP contribution >= 0.6 is 0 Å². The van der Waals surface area contributed by atoms with Gasteiger partial charge in [0.1, 0.15) is 0 Å². The topological polar surface area (TPSA) is 43.8 Å². The fourth-order valence-electron chi connectivity index (χ4n) is 2.24. The van der Waals surface area contributed by atoms with Crippen LogP contribution in [-0.4, -0.2) is 9.78 Å². The Bertz CT molecular complexity index is 659. The molecule has 2 N–H and O–H groups in total. The van der Waals surface area contributed by atoms with Gasteiger partial charge in [0.05, 0.1) is 11.4 Å². The average molecular weight is 263 g/mol. The molecule has 3 nitrogen and oxygen atoms in total. The van der Waals surface area contributed by atoms with Crippen molar-refractivity contribution in [2.24, 2.45) is 5.73 Å². The molecule has 0 saturated heterocycles. The summed E-state index contributed by atoms with van der Waals surface area (Å²) in [5.74, 6) is 0. The second kappa shape index (κ2) is 5.72. The number of rotatable bonds is 4. The van der Waals surface area contributed by atoms with Gasteiger partial charge in [-0.3, -0.25) is 0 Å². The SMILES string of the molecule is NC(Cc1ccn(-c2ccccc2)n1)c1ccccc1. The highest BCUT2D eigenvalue weighted by atomic mass is 15.3. The number of hydrogen-bond acceptors (Lipinski definition) is 2. The van der Waals surface area contributed by atoms with Crippen molar-refractivity contribution in [3.8, 4) is 5.69 Å². The molecule has 0 aliphatic heterocycles. The predicted octanol–water partition coefficient (Wildman–Crippen LogP) is 3.11. The van der Waals surface area contributed by atoms with Gasteiger partial charge in [-0.1, -0.05) is 48.5 Å². The summed E-state index contributed by atoms with van der Waals surface area (Å²) >= 11 is 0. The van der Waals surface area contributed by atoms with E-state index in [1.165, 1.54) is 0 Å². The first-order valence-electron chi connectivity index (χ1n) is 6.73. The highest BCUT2D eigenvalue weighted by Gasteiger charge is 2.09. The van der Waals surface area contributed by atoms with Crippen molar-refractivity contribution in [1.29, 1.82) is 0 Å². The monoisotopic (exact) mass is 263 g/mol. The van der Waals surface area contributed by atoms with Gasteiger partial charge < -0.3 is 5.73 Å². The maximum atomic E-state index is 6.23. The Labute approximate surface area is 118 Å². The van der Waals surface area contributed by atoms with E-state index in [0.717, 1.165) is 23.4 Å². The van der Waals surface area contributed by atoms with Gasteiger partial charge in [0.25, 0.3) is 0 Å². The lowest BCUT2D eigenvalue weighted by molar-refractivity contribution is 0.693. The minimum atomic E-state index is -0.0182. The van der Waals surface area contributed by atoms with E-state index in [0.29, 0.717) is 0 Å². The molecule has 0 amide bonds. The second-order valence-corrected chi connectivity index (χ2v) is 4.81. The molecule has 0 radical (unpaired) electrons. The Hall–Kier alpha value is -2.39. The molecular formula is C17H17N3. The summed E-state index contributed by atoms with van der Waals surface area (Å²) in [4.78, 5) is 0. The maximum Gasteiger partial charge on any atom is 0.0647 e. The van der Waals surface area contributed by atoms with Gasteiger partial charge in [0.2, 0.25) is 0 Å². The van der Waals surface area contributed by atoms with Crippen LogP contribution in [0, 0.1) is 0 Å². The van der Waals surface area contributed by atoms with Gasteiger partial charge in [-0.05, 0) is 23.8 Å². The molecule has 3 heteroatoms. The lowest BCUT2D eigenvalue weighted by Gasteiger charge is -2.09. The molecule has 1 atom stereocenters. The molecule has 100 valence electrons. The van der Waals surface area contributed by atoms with Crippen LogP contribution in [0.5, 0.6) is 0 Å². The van der Waals surface area contributed by atoms with Crippen LogP contribution in [0.25, 0.3) is 5.69 Å². The molecule has 1 heterocycles. The molecule has 0 aliphatic rings. The van der Waals surface area contributed by atoms with Gasteiger partial charge in [-0.2, -0.15) is 5.10 Å². The van der Waals surface area contributed by atoms with Crippen LogP contribution in [0.1, 0.15) is 17.3 Å². The first kappa shape index (κ1) is 12.6. The molecular weight excluding hydrogens is 246 g/mol. The third kappa shape index (κ3) is 2.78. The van der Waals surface area contributed by atoms with E-state index >= 15 is 0 Å². The minimum Gasteiger partial charge on any atom is -0.324 e. The summed E-state index contributed by atoms with van der Waals surface area (Å²) in [5.41, 5.74) is 9.43. The Morgan fingerprint density at radius 2 is 1.55 bits per heavy atom. The number of aromatic nitrogens is 2. The summed E-state index contributed by atoms with van der Waals surface area (Å²) in [6.45, 7) is 0. The Morgan fingerprint density at radius 1 is 0.900 bits per heavy atom. The lowest BCUT2D eigenvalue weighted by Crippen LogP contribution is -2.13. The average Bonchev–Trinajstić information content (AvgIpc) is 2.97. The largest absolute Gasteiger partial charge is 0.324 e. The Balaban J connectivity index is 1.75. The van der Waals surface area contributed by atoms with E-state index in [4.69, 9.17) is 5.73 Å². The van der Waals surface area contributed by atoms with E-state index in [-0.39, 0.29) is 6.04 Å². The highest BCUT2D eigenvalue weighted by Crippen LogP contribution is 2.15. The molecule has 0 aliphatic carbocycles. The molecule has 2 aromatic carbocycles. The summed E-state index contributed by atoms with van der Waals surface area (Å²) in [6, 6.07) is 22.2. The van der Waals surface area contributed by atoms with E-state index in [9.17, 15) is 0 Å². The summed E-state index contributed by atoms with van der Waals surface area (Å²) in [5, 5.41) is 4.58. The van der Waals surface area contributed by atoms with Crippen molar-refractivity contribution in [1.82, 2.24) is 9.78 Å². The predicted molar refractivity (Wildman–Crippen MR) is 80.6 cm³/mol. The summed E-state index contributed by atoms with van der Waals surface area (Å²) in [7, 11) is 0. The van der Waals surface area contributed by atoms with Crippen LogP contribution < -0.4 is 5.73 Å². The van der Waals surface area contributed by atoms with Gasteiger partial charge in [-0.25, -0.2) is 4.68 Å². The minimum absolute atomic E-state index is 0.0182. The van der Waals surface area contributed by atoms with Crippen molar-refractivity contribution in [3.63, 3.8) is 0 Å². The van der Waals surface area contributed by atoms with E-state index in [1.54, 1.807) is 0 Å². The normalized spacial score (nSPS) is 12.2. The Kier molecular flexibility index (Phi) is 3.61. The third-order valence-electron chi connectivity index (χ3n) is 3.32. The second-order valence-electron chi connectivity index (χ2n) is 4.81. The van der Waals surface area contributed by atoms with Crippen molar-refractivity contribution in [2.75, 3.05) is 0 Å². The fourth-order valence-corrected chi connectivity index (χ4v) is 2.24. The van der Waals surface area contributed by atoms with Crippen molar-refractivity contribution in [3.05, 3.63) is 84.2 Å². The van der Waals surface area contributed by atoms with Crippen LogP contribution in [-0.2, 0) is 6.42 Å². The van der Waals surface area contributed by atoms with Gasteiger partial charge in [0.15, 0.2) is 0 Å². The smallest absolute Gasteiger partial charge is 0.0647 e. The molecule has 0 bridgehead atoms. The number of hydrogen-bond donors (Lipinski definition) is 1. The maximum absolute atomic E-state index is 6.23. The van der Waals surface area contributed by atoms with Crippen molar-refractivity contribution in [2.45, 2.75) is 12.5 Å². The van der Waals surface area contributed by atoms with Crippen LogP contribution in [0.4, 0.5) is 0 Å². The molecule has 1 aromatic heterocycles. The van der Waals surface area contributed by atoms with Crippen LogP contribution in [0.2, 0.25) is 0 Å². The number of nitrogens with zero attached hydrogens (tertiary/aromatic N) is 2. The molecule has 0 spiro atoms.